The molecule has 0 spiro atoms. The van der Waals surface area contributed by atoms with E-state index < -0.39 is 32.5 Å². The first-order valence-corrected chi connectivity index (χ1v) is 6.86. The highest BCUT2D eigenvalue weighted by Crippen LogP contribution is 2.33. The molecular formula is C12H7BrN4O7. The lowest BCUT2D eigenvalue weighted by atomic mass is 10.1. The number of aromatic nitrogens is 2. The number of nitro benzene ring substituents is 1. The second-order valence-corrected chi connectivity index (χ2v) is 5.24. The zero-order valence-corrected chi connectivity index (χ0v) is 13.1. The number of nitro groups is 2. The highest BCUT2D eigenvalue weighted by atomic mass is 79.9. The van der Waals surface area contributed by atoms with Gasteiger partial charge in [-0.25, -0.2) is 4.79 Å². The van der Waals surface area contributed by atoms with Crippen LogP contribution < -0.4 is 11.2 Å². The minimum atomic E-state index is -1.20. The van der Waals surface area contributed by atoms with Gasteiger partial charge in [0.15, 0.2) is 0 Å². The molecule has 2 aromatic rings. The molecule has 0 radical (unpaired) electrons. The summed E-state index contributed by atoms with van der Waals surface area (Å²) in [6.45, 7) is 0. The van der Waals surface area contributed by atoms with E-state index in [0.717, 1.165) is 24.3 Å². The highest BCUT2D eigenvalue weighted by molar-refractivity contribution is 9.10. The summed E-state index contributed by atoms with van der Waals surface area (Å²) in [6, 6.07) is 2.10. The molecule has 12 heteroatoms. The van der Waals surface area contributed by atoms with Crippen LogP contribution in [0.4, 0.5) is 11.4 Å². The standard InChI is InChI=1S/C12H7BrN4O7/c13-7-4-6(16(21)22)3-5(10(7)18)1-2-8-9(17(23)24)11(19)15-12(20)14-8/h1-4,18H,(H2,14,15,19,20). The summed E-state index contributed by atoms with van der Waals surface area (Å²) in [5.41, 5.74) is -3.88. The first kappa shape index (κ1) is 17.1. The molecular weight excluding hydrogens is 392 g/mol. The molecule has 124 valence electrons. The van der Waals surface area contributed by atoms with Gasteiger partial charge in [-0.3, -0.25) is 30.0 Å². The molecule has 0 saturated carbocycles. The lowest BCUT2D eigenvalue weighted by Gasteiger charge is -2.02. The molecule has 3 N–H and O–H groups in total. The van der Waals surface area contributed by atoms with Gasteiger partial charge in [-0.15, -0.1) is 0 Å². The van der Waals surface area contributed by atoms with Gasteiger partial charge in [-0.2, -0.15) is 0 Å². The molecule has 0 aliphatic heterocycles. The topological polar surface area (TPSA) is 172 Å². The average molecular weight is 399 g/mol. The SMILES string of the molecule is O=c1[nH]c(C=Cc2cc([N+](=O)[O-])cc(Br)c2O)c([N+](=O)[O-])c(=O)[nH]1. The number of aromatic amines is 2. The van der Waals surface area contributed by atoms with Gasteiger partial charge < -0.3 is 10.1 Å². The second-order valence-electron chi connectivity index (χ2n) is 4.38. The Morgan fingerprint density at radius 3 is 2.33 bits per heavy atom. The summed E-state index contributed by atoms with van der Waals surface area (Å²) in [5, 5.41) is 31.6. The predicted molar refractivity (Wildman–Crippen MR) is 85.7 cm³/mol. The van der Waals surface area contributed by atoms with Crippen molar-refractivity contribution in [2.24, 2.45) is 0 Å². The Bertz CT molecular complexity index is 992. The monoisotopic (exact) mass is 398 g/mol. The number of benzene rings is 1. The smallest absolute Gasteiger partial charge is 0.357 e. The lowest BCUT2D eigenvalue weighted by molar-refractivity contribution is -0.386. The minimum absolute atomic E-state index is 0.0326. The second kappa shape index (κ2) is 6.45. The van der Waals surface area contributed by atoms with E-state index in [1.165, 1.54) is 0 Å². The van der Waals surface area contributed by atoms with Crippen LogP contribution in [0, 0.1) is 20.2 Å². The summed E-state index contributed by atoms with van der Waals surface area (Å²) in [6.07, 6.45) is 2.07. The third kappa shape index (κ3) is 3.38. The maximum atomic E-state index is 11.5. The maximum Gasteiger partial charge on any atom is 0.357 e. The van der Waals surface area contributed by atoms with Crippen LogP contribution in [-0.4, -0.2) is 24.9 Å². The third-order valence-electron chi connectivity index (χ3n) is 2.85. The highest BCUT2D eigenvalue weighted by Gasteiger charge is 2.19. The fourth-order valence-corrected chi connectivity index (χ4v) is 2.27. The number of halogens is 1. The normalized spacial score (nSPS) is 10.9. The fraction of sp³-hybridized carbons (Fsp3) is 0. The van der Waals surface area contributed by atoms with Gasteiger partial charge in [0.1, 0.15) is 11.4 Å². The van der Waals surface area contributed by atoms with Gasteiger partial charge in [-0.05, 0) is 28.1 Å². The largest absolute Gasteiger partial charge is 0.506 e. The van der Waals surface area contributed by atoms with Gasteiger partial charge in [0, 0.05) is 17.7 Å². The van der Waals surface area contributed by atoms with Crippen molar-refractivity contribution in [3.8, 4) is 5.75 Å². The van der Waals surface area contributed by atoms with E-state index in [1.54, 1.807) is 4.98 Å². The number of nitrogens with one attached hydrogen (secondary N) is 2. The van der Waals surface area contributed by atoms with E-state index in [9.17, 15) is 34.9 Å². The summed E-state index contributed by atoms with van der Waals surface area (Å²) in [4.78, 5) is 46.6. The first-order chi connectivity index (χ1) is 11.2. The zero-order valence-electron chi connectivity index (χ0n) is 11.5. The molecule has 0 unspecified atom stereocenters. The van der Waals surface area contributed by atoms with Crippen molar-refractivity contribution in [1.82, 2.24) is 9.97 Å². The Morgan fingerprint density at radius 1 is 1.08 bits per heavy atom. The summed E-state index contributed by atoms with van der Waals surface area (Å²) in [7, 11) is 0. The Labute approximate surface area is 139 Å². The van der Waals surface area contributed by atoms with E-state index >= 15 is 0 Å². The first-order valence-electron chi connectivity index (χ1n) is 6.06. The number of hydrogen-bond donors (Lipinski definition) is 3. The minimum Gasteiger partial charge on any atom is -0.506 e. The van der Waals surface area contributed by atoms with Gasteiger partial charge in [0.25, 0.3) is 5.69 Å². The molecule has 0 atom stereocenters. The van der Waals surface area contributed by atoms with Crippen LogP contribution in [0.5, 0.6) is 5.75 Å². The van der Waals surface area contributed by atoms with Crippen molar-refractivity contribution in [1.29, 1.82) is 0 Å². The molecule has 24 heavy (non-hydrogen) atoms. The Kier molecular flexibility index (Phi) is 4.59. The van der Waals surface area contributed by atoms with Crippen molar-refractivity contribution in [3.05, 3.63) is 68.9 Å². The number of hydrogen-bond acceptors (Lipinski definition) is 7. The fourth-order valence-electron chi connectivity index (χ4n) is 1.81. The van der Waals surface area contributed by atoms with Crippen molar-refractivity contribution in [3.63, 3.8) is 0 Å². The number of phenolic OH excluding ortho intramolecular Hbond substituents is 1. The number of aromatic hydroxyl groups is 1. The van der Waals surface area contributed by atoms with Crippen LogP contribution in [0.15, 0.2) is 26.2 Å². The molecule has 1 aromatic carbocycles. The van der Waals surface area contributed by atoms with Crippen LogP contribution in [0.25, 0.3) is 12.2 Å². The molecule has 11 nitrogen and oxygen atoms in total. The number of rotatable bonds is 4. The Hall–Kier alpha value is -3.28. The molecule has 0 saturated heterocycles. The molecule has 0 aliphatic carbocycles. The third-order valence-corrected chi connectivity index (χ3v) is 3.45. The van der Waals surface area contributed by atoms with Gasteiger partial charge >= 0.3 is 16.9 Å². The molecule has 2 rings (SSSR count). The van der Waals surface area contributed by atoms with Crippen LogP contribution in [0.2, 0.25) is 0 Å². The van der Waals surface area contributed by atoms with Gasteiger partial charge in [0.05, 0.1) is 14.3 Å². The van der Waals surface area contributed by atoms with E-state index in [4.69, 9.17) is 0 Å². The predicted octanol–water partition coefficient (Wildman–Crippen LogP) is 1.52. The molecule has 0 bridgehead atoms. The summed E-state index contributed by atoms with van der Waals surface area (Å²) < 4.78 is 0.0326. The molecule has 0 fully saturated rings. The summed E-state index contributed by atoms with van der Waals surface area (Å²) in [5.74, 6) is -0.355. The van der Waals surface area contributed by atoms with Crippen LogP contribution in [0.3, 0.4) is 0 Å². The van der Waals surface area contributed by atoms with Crippen LogP contribution >= 0.6 is 15.9 Å². The van der Waals surface area contributed by atoms with Crippen molar-refractivity contribution >= 4 is 39.5 Å². The van der Waals surface area contributed by atoms with Gasteiger partial charge in [-0.1, -0.05) is 0 Å². The lowest BCUT2D eigenvalue weighted by Crippen LogP contribution is -2.25. The van der Waals surface area contributed by atoms with Crippen molar-refractivity contribution in [2.75, 3.05) is 0 Å². The Balaban J connectivity index is 2.61. The van der Waals surface area contributed by atoms with E-state index in [2.05, 4.69) is 20.9 Å². The zero-order chi connectivity index (χ0) is 18.0. The van der Waals surface area contributed by atoms with E-state index in [0.29, 0.717) is 0 Å². The van der Waals surface area contributed by atoms with E-state index in [1.807, 2.05) is 0 Å². The van der Waals surface area contributed by atoms with Crippen molar-refractivity contribution < 1.29 is 15.0 Å². The summed E-state index contributed by atoms with van der Waals surface area (Å²) >= 11 is 2.94. The Morgan fingerprint density at radius 2 is 1.75 bits per heavy atom. The molecule has 0 amide bonds. The quantitative estimate of drug-likeness (QED) is 0.516. The molecule has 1 heterocycles. The van der Waals surface area contributed by atoms with Crippen LogP contribution in [-0.2, 0) is 0 Å². The van der Waals surface area contributed by atoms with Crippen LogP contribution in [0.1, 0.15) is 11.3 Å². The average Bonchev–Trinajstić information content (AvgIpc) is 2.47. The number of phenols is 1. The van der Waals surface area contributed by atoms with Crippen molar-refractivity contribution in [2.45, 2.75) is 0 Å². The van der Waals surface area contributed by atoms with E-state index in [-0.39, 0.29) is 21.5 Å². The maximum absolute atomic E-state index is 11.5. The molecule has 0 aliphatic rings. The number of non-ortho nitro benzene ring substituents is 1. The molecule has 1 aromatic heterocycles. The van der Waals surface area contributed by atoms with Gasteiger partial charge in [0.2, 0.25) is 0 Å². The number of nitrogens with zero attached hydrogens (tertiary/aromatic N) is 2. The number of H-pyrrole nitrogens is 2.